The zero-order valence-electron chi connectivity index (χ0n) is 10.0. The topological polar surface area (TPSA) is 28.2 Å². The fourth-order valence-electron chi connectivity index (χ4n) is 1.95. The first-order valence-corrected chi connectivity index (χ1v) is 7.18. The summed E-state index contributed by atoms with van der Waals surface area (Å²) >= 11 is 1.79. The molecule has 0 aliphatic carbocycles. The van der Waals surface area contributed by atoms with E-state index in [0.29, 0.717) is 0 Å². The molecule has 1 saturated heterocycles. The second-order valence-electron chi connectivity index (χ2n) is 4.35. The first-order chi connectivity index (χ1) is 7.90. The average Bonchev–Trinajstić information content (AvgIpc) is 2.94. The second-order valence-corrected chi connectivity index (χ2v) is 5.18. The molecular formula is C12H21N3S. The highest BCUT2D eigenvalue weighted by Crippen LogP contribution is 2.24. The van der Waals surface area contributed by atoms with Crippen LogP contribution in [0.1, 0.15) is 38.3 Å². The number of hydrogen-bond donors (Lipinski definition) is 1. The molecule has 2 rings (SSSR count). The Morgan fingerprint density at radius 3 is 3.00 bits per heavy atom. The normalized spacial score (nSPS) is 15.9. The van der Waals surface area contributed by atoms with E-state index in [1.54, 1.807) is 11.3 Å². The van der Waals surface area contributed by atoms with Crippen molar-refractivity contribution in [3.63, 3.8) is 0 Å². The molecule has 1 aromatic rings. The highest BCUT2D eigenvalue weighted by Gasteiger charge is 2.15. The van der Waals surface area contributed by atoms with E-state index in [-0.39, 0.29) is 0 Å². The Balaban J connectivity index is 1.77. The van der Waals surface area contributed by atoms with Gasteiger partial charge in [0.15, 0.2) is 5.13 Å². The first-order valence-electron chi connectivity index (χ1n) is 6.30. The Morgan fingerprint density at radius 2 is 2.25 bits per heavy atom. The van der Waals surface area contributed by atoms with Crippen molar-refractivity contribution in [3.05, 3.63) is 11.1 Å². The van der Waals surface area contributed by atoms with Crippen LogP contribution in [0.5, 0.6) is 0 Å². The van der Waals surface area contributed by atoms with Gasteiger partial charge in [-0.05, 0) is 25.8 Å². The summed E-state index contributed by atoms with van der Waals surface area (Å²) in [6.45, 7) is 6.62. The van der Waals surface area contributed by atoms with Crippen LogP contribution >= 0.6 is 11.3 Å². The zero-order valence-corrected chi connectivity index (χ0v) is 10.9. The molecule has 0 unspecified atom stereocenters. The molecular weight excluding hydrogens is 218 g/mol. The van der Waals surface area contributed by atoms with Gasteiger partial charge in [0.05, 0.1) is 5.69 Å². The summed E-state index contributed by atoms with van der Waals surface area (Å²) < 4.78 is 0. The van der Waals surface area contributed by atoms with Crippen molar-refractivity contribution in [2.24, 2.45) is 0 Å². The highest BCUT2D eigenvalue weighted by atomic mass is 32.1. The first kappa shape index (κ1) is 11.9. The number of nitrogens with zero attached hydrogens (tertiary/aromatic N) is 2. The minimum atomic E-state index is 0.921. The molecule has 0 aromatic carbocycles. The summed E-state index contributed by atoms with van der Waals surface area (Å²) in [5, 5.41) is 6.83. The van der Waals surface area contributed by atoms with Gasteiger partial charge in [-0.15, -0.1) is 11.3 Å². The van der Waals surface area contributed by atoms with Gasteiger partial charge in [-0.2, -0.15) is 0 Å². The molecule has 1 aliphatic rings. The van der Waals surface area contributed by atoms with Crippen LogP contribution in [-0.4, -0.2) is 24.6 Å². The SMILES string of the molecule is CCCCNCc1csc(N2CCCC2)n1. The van der Waals surface area contributed by atoms with Crippen LogP contribution in [0, 0.1) is 0 Å². The maximum Gasteiger partial charge on any atom is 0.185 e. The van der Waals surface area contributed by atoms with E-state index in [1.165, 1.54) is 49.6 Å². The predicted octanol–water partition coefficient (Wildman–Crippen LogP) is 2.63. The summed E-state index contributed by atoms with van der Waals surface area (Å²) in [7, 11) is 0. The minimum absolute atomic E-state index is 0.921. The molecule has 0 radical (unpaired) electrons. The van der Waals surface area contributed by atoms with Crippen molar-refractivity contribution in [2.75, 3.05) is 24.5 Å². The minimum Gasteiger partial charge on any atom is -0.348 e. The summed E-state index contributed by atoms with van der Waals surface area (Å²) in [4.78, 5) is 7.07. The number of aromatic nitrogens is 1. The van der Waals surface area contributed by atoms with E-state index in [1.807, 2.05) is 0 Å². The second kappa shape index (κ2) is 6.21. The smallest absolute Gasteiger partial charge is 0.185 e. The number of anilines is 1. The maximum absolute atomic E-state index is 4.67. The number of unbranched alkanes of at least 4 members (excludes halogenated alkanes) is 1. The van der Waals surface area contributed by atoms with Gasteiger partial charge in [0.25, 0.3) is 0 Å². The van der Waals surface area contributed by atoms with Crippen molar-refractivity contribution in [1.82, 2.24) is 10.3 Å². The molecule has 4 heteroatoms. The lowest BCUT2D eigenvalue weighted by Crippen LogP contribution is -2.18. The number of hydrogen-bond acceptors (Lipinski definition) is 4. The predicted molar refractivity (Wildman–Crippen MR) is 70.2 cm³/mol. The van der Waals surface area contributed by atoms with Crippen molar-refractivity contribution < 1.29 is 0 Å². The van der Waals surface area contributed by atoms with Crippen LogP contribution in [0.4, 0.5) is 5.13 Å². The third-order valence-electron chi connectivity index (χ3n) is 2.93. The van der Waals surface area contributed by atoms with E-state index in [2.05, 4.69) is 27.5 Å². The molecule has 1 aromatic heterocycles. The number of rotatable bonds is 6. The Hall–Kier alpha value is -0.610. The molecule has 1 aliphatic heterocycles. The third kappa shape index (κ3) is 3.19. The van der Waals surface area contributed by atoms with E-state index in [0.717, 1.165) is 13.1 Å². The van der Waals surface area contributed by atoms with E-state index in [4.69, 9.17) is 0 Å². The van der Waals surface area contributed by atoms with Gasteiger partial charge in [0.1, 0.15) is 0 Å². The molecule has 0 spiro atoms. The van der Waals surface area contributed by atoms with Crippen LogP contribution in [0.15, 0.2) is 5.38 Å². The Bertz CT molecular complexity index is 305. The lowest BCUT2D eigenvalue weighted by atomic mass is 10.3. The van der Waals surface area contributed by atoms with Crippen LogP contribution < -0.4 is 10.2 Å². The number of nitrogens with one attached hydrogen (secondary N) is 1. The van der Waals surface area contributed by atoms with Gasteiger partial charge >= 0.3 is 0 Å². The van der Waals surface area contributed by atoms with E-state index >= 15 is 0 Å². The van der Waals surface area contributed by atoms with Crippen LogP contribution in [0.3, 0.4) is 0 Å². The lowest BCUT2D eigenvalue weighted by Gasteiger charge is -2.12. The molecule has 0 saturated carbocycles. The van der Waals surface area contributed by atoms with Gasteiger partial charge in [-0.25, -0.2) is 4.98 Å². The van der Waals surface area contributed by atoms with Crippen molar-refractivity contribution in [2.45, 2.75) is 39.2 Å². The van der Waals surface area contributed by atoms with E-state index in [9.17, 15) is 0 Å². The van der Waals surface area contributed by atoms with Crippen molar-refractivity contribution >= 4 is 16.5 Å². The monoisotopic (exact) mass is 239 g/mol. The molecule has 1 fully saturated rings. The maximum atomic E-state index is 4.67. The highest BCUT2D eigenvalue weighted by molar-refractivity contribution is 7.13. The van der Waals surface area contributed by atoms with E-state index < -0.39 is 0 Å². The Morgan fingerprint density at radius 1 is 1.44 bits per heavy atom. The summed E-state index contributed by atoms with van der Waals surface area (Å²) in [6.07, 6.45) is 5.15. The molecule has 0 atom stereocenters. The fraction of sp³-hybridized carbons (Fsp3) is 0.750. The standard InChI is InChI=1S/C12H21N3S/c1-2-3-6-13-9-11-10-16-12(14-11)15-7-4-5-8-15/h10,13H,2-9H2,1H3. The average molecular weight is 239 g/mol. The van der Waals surface area contributed by atoms with Crippen LogP contribution in [0.25, 0.3) is 0 Å². The lowest BCUT2D eigenvalue weighted by molar-refractivity contribution is 0.635. The molecule has 1 N–H and O–H groups in total. The van der Waals surface area contributed by atoms with Crippen molar-refractivity contribution in [1.29, 1.82) is 0 Å². The van der Waals surface area contributed by atoms with Gasteiger partial charge in [0.2, 0.25) is 0 Å². The summed E-state index contributed by atoms with van der Waals surface area (Å²) in [6, 6.07) is 0. The van der Waals surface area contributed by atoms with Gasteiger partial charge in [0, 0.05) is 25.0 Å². The summed E-state index contributed by atoms with van der Waals surface area (Å²) in [5.74, 6) is 0. The van der Waals surface area contributed by atoms with Crippen LogP contribution in [0.2, 0.25) is 0 Å². The van der Waals surface area contributed by atoms with Crippen molar-refractivity contribution in [3.8, 4) is 0 Å². The quantitative estimate of drug-likeness (QED) is 0.774. The molecule has 16 heavy (non-hydrogen) atoms. The molecule has 3 nitrogen and oxygen atoms in total. The third-order valence-corrected chi connectivity index (χ3v) is 3.88. The van der Waals surface area contributed by atoms with Gasteiger partial charge < -0.3 is 10.2 Å². The molecule has 0 bridgehead atoms. The van der Waals surface area contributed by atoms with Gasteiger partial charge in [-0.1, -0.05) is 13.3 Å². The number of thiazole rings is 1. The Kier molecular flexibility index (Phi) is 4.60. The molecule has 2 heterocycles. The molecule has 0 amide bonds. The zero-order chi connectivity index (χ0) is 11.2. The fourth-order valence-corrected chi connectivity index (χ4v) is 2.83. The molecule has 90 valence electrons. The summed E-state index contributed by atoms with van der Waals surface area (Å²) in [5.41, 5.74) is 1.20. The Labute approximate surface area is 102 Å². The van der Waals surface area contributed by atoms with Gasteiger partial charge in [-0.3, -0.25) is 0 Å². The largest absolute Gasteiger partial charge is 0.348 e. The van der Waals surface area contributed by atoms with Crippen LogP contribution in [-0.2, 0) is 6.54 Å².